The van der Waals surface area contributed by atoms with Crippen LogP contribution in [-0.2, 0) is 6.42 Å². The highest BCUT2D eigenvalue weighted by Crippen LogP contribution is 2.15. The number of hydrogen-bond acceptors (Lipinski definition) is 2. The second kappa shape index (κ2) is 8.02. The van der Waals surface area contributed by atoms with E-state index >= 15 is 0 Å². The predicted molar refractivity (Wildman–Crippen MR) is 99.0 cm³/mol. The minimum absolute atomic E-state index is 0.0620. The summed E-state index contributed by atoms with van der Waals surface area (Å²) >= 11 is 12.0. The Labute approximate surface area is 152 Å². The molecular weight excluding hydrogens is 343 g/mol. The average Bonchev–Trinajstić information content (AvgIpc) is 2.60. The number of piperazine rings is 1. The number of rotatable bonds is 4. The summed E-state index contributed by atoms with van der Waals surface area (Å²) < 4.78 is 0. The van der Waals surface area contributed by atoms with Gasteiger partial charge in [0.2, 0.25) is 0 Å². The van der Waals surface area contributed by atoms with Gasteiger partial charge in [-0.1, -0.05) is 41.4 Å². The fourth-order valence-electron chi connectivity index (χ4n) is 2.96. The molecule has 0 N–H and O–H groups in total. The molecule has 1 saturated heterocycles. The van der Waals surface area contributed by atoms with Crippen molar-refractivity contribution in [1.82, 2.24) is 9.80 Å². The van der Waals surface area contributed by atoms with Crippen LogP contribution in [0.1, 0.15) is 15.9 Å². The minimum Gasteiger partial charge on any atom is -0.336 e. The summed E-state index contributed by atoms with van der Waals surface area (Å²) in [5.41, 5.74) is 1.91. The molecule has 0 radical (unpaired) electrons. The monoisotopic (exact) mass is 362 g/mol. The lowest BCUT2D eigenvalue weighted by Gasteiger charge is -2.34. The first-order chi connectivity index (χ1) is 11.6. The Morgan fingerprint density at radius 1 is 0.917 bits per heavy atom. The summed E-state index contributed by atoms with van der Waals surface area (Å²) in [7, 11) is 0. The maximum absolute atomic E-state index is 12.5. The maximum atomic E-state index is 12.5. The molecule has 1 aliphatic rings. The Kier molecular flexibility index (Phi) is 5.77. The van der Waals surface area contributed by atoms with E-state index in [1.807, 2.05) is 35.2 Å². The van der Waals surface area contributed by atoms with Crippen LogP contribution >= 0.6 is 23.2 Å². The zero-order valence-corrected chi connectivity index (χ0v) is 14.9. The summed E-state index contributed by atoms with van der Waals surface area (Å²) in [5.74, 6) is 0.0620. The van der Waals surface area contributed by atoms with Gasteiger partial charge in [0, 0.05) is 48.3 Å². The maximum Gasteiger partial charge on any atom is 0.253 e. The highest BCUT2D eigenvalue weighted by molar-refractivity contribution is 6.31. The van der Waals surface area contributed by atoms with Crippen molar-refractivity contribution in [3.05, 3.63) is 69.7 Å². The Morgan fingerprint density at radius 3 is 2.25 bits per heavy atom. The first-order valence-corrected chi connectivity index (χ1v) is 8.89. The van der Waals surface area contributed by atoms with Gasteiger partial charge in [0.15, 0.2) is 0 Å². The molecule has 1 aliphatic heterocycles. The van der Waals surface area contributed by atoms with Gasteiger partial charge in [-0.15, -0.1) is 0 Å². The molecule has 5 heteroatoms. The lowest BCUT2D eigenvalue weighted by Crippen LogP contribution is -2.49. The molecule has 3 nitrogen and oxygen atoms in total. The summed E-state index contributed by atoms with van der Waals surface area (Å²) in [6.07, 6.45) is 0.975. The molecule has 2 aromatic carbocycles. The quantitative estimate of drug-likeness (QED) is 0.820. The predicted octanol–water partition coefficient (Wildman–Crippen LogP) is 3.99. The first kappa shape index (κ1) is 17.3. The van der Waals surface area contributed by atoms with E-state index in [4.69, 9.17) is 23.2 Å². The van der Waals surface area contributed by atoms with Crippen molar-refractivity contribution in [3.63, 3.8) is 0 Å². The molecule has 1 fully saturated rings. The normalized spacial score (nSPS) is 15.5. The Hall–Kier alpha value is -1.55. The lowest BCUT2D eigenvalue weighted by molar-refractivity contribution is 0.0638. The average molecular weight is 363 g/mol. The molecule has 0 spiro atoms. The topological polar surface area (TPSA) is 23.6 Å². The minimum atomic E-state index is 0.0620. The molecule has 1 heterocycles. The van der Waals surface area contributed by atoms with Crippen LogP contribution in [0.5, 0.6) is 0 Å². The van der Waals surface area contributed by atoms with Gasteiger partial charge in [-0.2, -0.15) is 0 Å². The van der Waals surface area contributed by atoms with Gasteiger partial charge in [-0.05, 0) is 42.3 Å². The number of benzene rings is 2. The molecule has 3 rings (SSSR count). The van der Waals surface area contributed by atoms with Crippen LogP contribution in [0.15, 0.2) is 48.5 Å². The molecule has 0 bridgehead atoms. The molecular formula is C19H20Cl2N2O. The Morgan fingerprint density at radius 2 is 1.58 bits per heavy atom. The SMILES string of the molecule is O=C(c1cccc(Cl)c1)N1CCN(CCc2cccc(Cl)c2)CC1. The lowest BCUT2D eigenvalue weighted by atomic mass is 10.1. The van der Waals surface area contributed by atoms with Crippen molar-refractivity contribution >= 4 is 29.1 Å². The number of nitrogens with zero attached hydrogens (tertiary/aromatic N) is 2. The van der Waals surface area contributed by atoms with E-state index in [1.165, 1.54) is 5.56 Å². The van der Waals surface area contributed by atoms with E-state index in [0.29, 0.717) is 10.6 Å². The molecule has 1 amide bonds. The van der Waals surface area contributed by atoms with E-state index < -0.39 is 0 Å². The Bertz CT molecular complexity index is 712. The van der Waals surface area contributed by atoms with E-state index in [2.05, 4.69) is 11.0 Å². The van der Waals surface area contributed by atoms with Gasteiger partial charge in [0.05, 0.1) is 0 Å². The zero-order chi connectivity index (χ0) is 16.9. The molecule has 0 atom stereocenters. The second-order valence-electron chi connectivity index (χ2n) is 6.02. The van der Waals surface area contributed by atoms with Crippen molar-refractivity contribution in [3.8, 4) is 0 Å². The third-order valence-corrected chi connectivity index (χ3v) is 4.81. The van der Waals surface area contributed by atoms with Gasteiger partial charge >= 0.3 is 0 Å². The third-order valence-electron chi connectivity index (χ3n) is 4.34. The van der Waals surface area contributed by atoms with Crippen molar-refractivity contribution in [2.75, 3.05) is 32.7 Å². The van der Waals surface area contributed by atoms with Crippen molar-refractivity contribution in [2.45, 2.75) is 6.42 Å². The van der Waals surface area contributed by atoms with E-state index in [9.17, 15) is 4.79 Å². The molecule has 0 unspecified atom stereocenters. The zero-order valence-electron chi connectivity index (χ0n) is 13.4. The summed E-state index contributed by atoms with van der Waals surface area (Å²) in [4.78, 5) is 16.8. The van der Waals surface area contributed by atoms with Crippen molar-refractivity contribution < 1.29 is 4.79 Å². The second-order valence-corrected chi connectivity index (χ2v) is 6.90. The van der Waals surface area contributed by atoms with Crippen LogP contribution in [0.3, 0.4) is 0 Å². The molecule has 0 aromatic heterocycles. The van der Waals surface area contributed by atoms with Crippen molar-refractivity contribution in [2.24, 2.45) is 0 Å². The summed E-state index contributed by atoms with van der Waals surface area (Å²) in [5, 5.41) is 1.38. The number of halogens is 2. The van der Waals surface area contributed by atoms with Gasteiger partial charge < -0.3 is 4.90 Å². The largest absolute Gasteiger partial charge is 0.336 e. The Balaban J connectivity index is 1.49. The summed E-state index contributed by atoms with van der Waals surface area (Å²) in [6, 6.07) is 15.1. The van der Waals surface area contributed by atoms with Gasteiger partial charge in [-0.25, -0.2) is 0 Å². The number of carbonyl (C=O) groups is 1. The standard InChI is InChI=1S/C19H20Cl2N2O/c20-17-5-1-3-15(13-17)7-8-22-9-11-23(12-10-22)19(24)16-4-2-6-18(21)14-16/h1-6,13-14H,7-12H2. The number of amides is 1. The van der Waals surface area contributed by atoms with Crippen LogP contribution in [0.25, 0.3) is 0 Å². The highest BCUT2D eigenvalue weighted by Gasteiger charge is 2.22. The fourth-order valence-corrected chi connectivity index (χ4v) is 3.36. The van der Waals surface area contributed by atoms with Crippen LogP contribution in [-0.4, -0.2) is 48.4 Å². The van der Waals surface area contributed by atoms with Crippen LogP contribution in [0, 0.1) is 0 Å². The van der Waals surface area contributed by atoms with Gasteiger partial charge in [0.25, 0.3) is 5.91 Å². The van der Waals surface area contributed by atoms with E-state index in [0.717, 1.165) is 44.2 Å². The molecule has 2 aromatic rings. The third kappa shape index (κ3) is 4.50. The van der Waals surface area contributed by atoms with Gasteiger partial charge in [0.1, 0.15) is 0 Å². The first-order valence-electron chi connectivity index (χ1n) is 8.13. The molecule has 24 heavy (non-hydrogen) atoms. The smallest absolute Gasteiger partial charge is 0.253 e. The van der Waals surface area contributed by atoms with E-state index in [1.54, 1.807) is 12.1 Å². The van der Waals surface area contributed by atoms with E-state index in [-0.39, 0.29) is 5.91 Å². The molecule has 0 aliphatic carbocycles. The molecule has 126 valence electrons. The fraction of sp³-hybridized carbons (Fsp3) is 0.316. The summed E-state index contributed by atoms with van der Waals surface area (Å²) in [6.45, 7) is 4.28. The van der Waals surface area contributed by atoms with Crippen LogP contribution in [0.4, 0.5) is 0 Å². The van der Waals surface area contributed by atoms with Crippen LogP contribution < -0.4 is 0 Å². The number of carbonyl (C=O) groups excluding carboxylic acids is 1. The van der Waals surface area contributed by atoms with Gasteiger partial charge in [-0.3, -0.25) is 9.69 Å². The highest BCUT2D eigenvalue weighted by atomic mass is 35.5. The molecule has 0 saturated carbocycles. The van der Waals surface area contributed by atoms with Crippen LogP contribution in [0.2, 0.25) is 10.0 Å². The number of hydrogen-bond donors (Lipinski definition) is 0. The van der Waals surface area contributed by atoms with Crippen molar-refractivity contribution in [1.29, 1.82) is 0 Å².